The van der Waals surface area contributed by atoms with E-state index in [1.54, 1.807) is 0 Å². The lowest BCUT2D eigenvalue weighted by Crippen LogP contribution is -2.48. The molecule has 0 aromatic carbocycles. The summed E-state index contributed by atoms with van der Waals surface area (Å²) in [5.41, 5.74) is 0. The number of hydrogen-bond acceptors (Lipinski definition) is 3. The molecule has 1 aromatic rings. The predicted molar refractivity (Wildman–Crippen MR) is 60.6 cm³/mol. The van der Waals surface area contributed by atoms with E-state index < -0.39 is 0 Å². The molecule has 0 bridgehead atoms. The number of piperazine rings is 1. The van der Waals surface area contributed by atoms with E-state index in [4.69, 9.17) is 0 Å². The highest BCUT2D eigenvalue weighted by Crippen LogP contribution is 2.06. The van der Waals surface area contributed by atoms with E-state index >= 15 is 0 Å². The molecule has 15 heavy (non-hydrogen) atoms. The third kappa shape index (κ3) is 2.58. The standard InChI is InChI=1S/C11H20N4/c1-3-15-7-5-13-11(15)9-14-6-4-12-10(2)8-14/h5,7,10,12H,3-4,6,8-9H2,1-2H3/t10-/m0/s1. The molecule has 1 N–H and O–H groups in total. The Bertz CT molecular complexity index is 307. The van der Waals surface area contributed by atoms with Crippen molar-refractivity contribution in [2.45, 2.75) is 33.0 Å². The third-order valence-corrected chi connectivity index (χ3v) is 2.96. The molecule has 4 heteroatoms. The molecule has 2 heterocycles. The van der Waals surface area contributed by atoms with E-state index in [0.717, 1.165) is 32.7 Å². The van der Waals surface area contributed by atoms with Gasteiger partial charge in [0.2, 0.25) is 0 Å². The molecule has 0 unspecified atom stereocenters. The number of rotatable bonds is 3. The second-order valence-electron chi connectivity index (χ2n) is 4.22. The van der Waals surface area contributed by atoms with Crippen LogP contribution >= 0.6 is 0 Å². The summed E-state index contributed by atoms with van der Waals surface area (Å²) in [6.07, 6.45) is 3.95. The predicted octanol–water partition coefficient (Wildman–Crippen LogP) is 0.697. The fraction of sp³-hybridized carbons (Fsp3) is 0.727. The third-order valence-electron chi connectivity index (χ3n) is 2.96. The maximum Gasteiger partial charge on any atom is 0.122 e. The summed E-state index contributed by atoms with van der Waals surface area (Å²) in [6, 6.07) is 0.601. The summed E-state index contributed by atoms with van der Waals surface area (Å²) in [5.74, 6) is 1.19. The first-order valence-corrected chi connectivity index (χ1v) is 5.75. The fourth-order valence-electron chi connectivity index (χ4n) is 2.14. The van der Waals surface area contributed by atoms with Gasteiger partial charge >= 0.3 is 0 Å². The molecule has 1 aromatic heterocycles. The van der Waals surface area contributed by atoms with Gasteiger partial charge in [0.05, 0.1) is 6.54 Å². The molecule has 4 nitrogen and oxygen atoms in total. The molecule has 0 radical (unpaired) electrons. The zero-order valence-corrected chi connectivity index (χ0v) is 9.61. The van der Waals surface area contributed by atoms with Gasteiger partial charge in [0.1, 0.15) is 5.82 Å². The molecule has 1 atom stereocenters. The van der Waals surface area contributed by atoms with Gasteiger partial charge in [0.15, 0.2) is 0 Å². The van der Waals surface area contributed by atoms with Crippen molar-refractivity contribution in [1.82, 2.24) is 19.8 Å². The number of imidazole rings is 1. The van der Waals surface area contributed by atoms with Crippen LogP contribution in [-0.2, 0) is 13.1 Å². The van der Waals surface area contributed by atoms with Crippen LogP contribution in [0.1, 0.15) is 19.7 Å². The van der Waals surface area contributed by atoms with Crippen molar-refractivity contribution in [2.75, 3.05) is 19.6 Å². The lowest BCUT2D eigenvalue weighted by molar-refractivity contribution is 0.193. The normalized spacial score (nSPS) is 23.2. The van der Waals surface area contributed by atoms with E-state index in [0.29, 0.717) is 6.04 Å². The average molecular weight is 208 g/mol. The van der Waals surface area contributed by atoms with Gasteiger partial charge in [-0.15, -0.1) is 0 Å². The molecular weight excluding hydrogens is 188 g/mol. The second kappa shape index (κ2) is 4.77. The van der Waals surface area contributed by atoms with Crippen molar-refractivity contribution in [1.29, 1.82) is 0 Å². The highest BCUT2D eigenvalue weighted by Gasteiger charge is 2.16. The molecule has 1 aliphatic heterocycles. The van der Waals surface area contributed by atoms with Gasteiger partial charge in [-0.1, -0.05) is 0 Å². The first-order chi connectivity index (χ1) is 7.29. The van der Waals surface area contributed by atoms with Gasteiger partial charge in [-0.3, -0.25) is 4.90 Å². The topological polar surface area (TPSA) is 33.1 Å². The maximum absolute atomic E-state index is 4.41. The highest BCUT2D eigenvalue weighted by atomic mass is 15.2. The molecule has 84 valence electrons. The molecular formula is C11H20N4. The van der Waals surface area contributed by atoms with Gasteiger partial charge in [-0.2, -0.15) is 0 Å². The smallest absolute Gasteiger partial charge is 0.122 e. The van der Waals surface area contributed by atoms with Crippen LogP contribution in [-0.4, -0.2) is 40.1 Å². The van der Waals surface area contributed by atoms with E-state index in [9.17, 15) is 0 Å². The second-order valence-corrected chi connectivity index (χ2v) is 4.22. The number of hydrogen-bond donors (Lipinski definition) is 1. The van der Waals surface area contributed by atoms with Crippen LogP contribution in [0.5, 0.6) is 0 Å². The van der Waals surface area contributed by atoms with Crippen molar-refractivity contribution < 1.29 is 0 Å². The molecule has 0 aliphatic carbocycles. The zero-order valence-electron chi connectivity index (χ0n) is 9.61. The Morgan fingerprint density at radius 3 is 3.20 bits per heavy atom. The minimum absolute atomic E-state index is 0.601. The van der Waals surface area contributed by atoms with Crippen LogP contribution in [0.4, 0.5) is 0 Å². The summed E-state index contributed by atoms with van der Waals surface area (Å²) in [4.78, 5) is 6.87. The minimum atomic E-state index is 0.601. The van der Waals surface area contributed by atoms with Crippen molar-refractivity contribution in [3.05, 3.63) is 18.2 Å². The fourth-order valence-corrected chi connectivity index (χ4v) is 2.14. The van der Waals surface area contributed by atoms with Crippen LogP contribution < -0.4 is 5.32 Å². The minimum Gasteiger partial charge on any atom is -0.334 e. The Morgan fingerprint density at radius 2 is 2.47 bits per heavy atom. The molecule has 0 amide bonds. The summed E-state index contributed by atoms with van der Waals surface area (Å²) in [5, 5.41) is 3.45. The van der Waals surface area contributed by atoms with Crippen molar-refractivity contribution in [3.63, 3.8) is 0 Å². The Hall–Kier alpha value is -0.870. The SMILES string of the molecule is CCn1ccnc1CN1CCN[C@@H](C)C1. The number of nitrogens with one attached hydrogen (secondary N) is 1. The van der Waals surface area contributed by atoms with Crippen LogP contribution in [0.25, 0.3) is 0 Å². The van der Waals surface area contributed by atoms with Gasteiger partial charge in [0, 0.05) is 44.6 Å². The van der Waals surface area contributed by atoms with Crippen LogP contribution in [0.15, 0.2) is 12.4 Å². The van der Waals surface area contributed by atoms with Gasteiger partial charge in [0.25, 0.3) is 0 Å². The number of nitrogens with zero attached hydrogens (tertiary/aromatic N) is 3. The number of aryl methyl sites for hydroxylation is 1. The van der Waals surface area contributed by atoms with Crippen LogP contribution in [0.2, 0.25) is 0 Å². The Balaban J connectivity index is 1.96. The monoisotopic (exact) mass is 208 g/mol. The van der Waals surface area contributed by atoms with Crippen molar-refractivity contribution >= 4 is 0 Å². The average Bonchev–Trinajstić information content (AvgIpc) is 2.65. The largest absolute Gasteiger partial charge is 0.334 e. The van der Waals surface area contributed by atoms with Crippen molar-refractivity contribution in [2.24, 2.45) is 0 Å². The van der Waals surface area contributed by atoms with E-state index in [1.807, 2.05) is 6.20 Å². The molecule has 2 rings (SSSR count). The molecule has 1 saturated heterocycles. The Morgan fingerprint density at radius 1 is 1.60 bits per heavy atom. The van der Waals surface area contributed by atoms with E-state index in [1.165, 1.54) is 5.82 Å². The Labute approximate surface area is 91.3 Å². The molecule has 1 aliphatic rings. The van der Waals surface area contributed by atoms with E-state index in [2.05, 4.69) is 39.8 Å². The highest BCUT2D eigenvalue weighted by molar-refractivity contribution is 4.93. The summed E-state index contributed by atoms with van der Waals surface area (Å²) in [6.45, 7) is 9.72. The summed E-state index contributed by atoms with van der Waals surface area (Å²) in [7, 11) is 0. The van der Waals surface area contributed by atoms with Crippen LogP contribution in [0.3, 0.4) is 0 Å². The lowest BCUT2D eigenvalue weighted by Gasteiger charge is -2.31. The quantitative estimate of drug-likeness (QED) is 0.793. The first-order valence-electron chi connectivity index (χ1n) is 5.75. The molecule has 1 fully saturated rings. The molecule has 0 spiro atoms. The summed E-state index contributed by atoms with van der Waals surface area (Å²) >= 11 is 0. The number of aromatic nitrogens is 2. The van der Waals surface area contributed by atoms with Crippen LogP contribution in [0, 0.1) is 0 Å². The maximum atomic E-state index is 4.41. The summed E-state index contributed by atoms with van der Waals surface area (Å²) < 4.78 is 2.21. The van der Waals surface area contributed by atoms with Gasteiger partial charge < -0.3 is 9.88 Å². The molecule has 0 saturated carbocycles. The zero-order chi connectivity index (χ0) is 10.7. The van der Waals surface area contributed by atoms with Gasteiger partial charge in [-0.05, 0) is 13.8 Å². The van der Waals surface area contributed by atoms with Gasteiger partial charge in [-0.25, -0.2) is 4.98 Å². The Kier molecular flexibility index (Phi) is 3.38. The van der Waals surface area contributed by atoms with Crippen molar-refractivity contribution in [3.8, 4) is 0 Å². The van der Waals surface area contributed by atoms with E-state index in [-0.39, 0.29) is 0 Å². The lowest BCUT2D eigenvalue weighted by atomic mass is 10.2. The first kappa shape index (κ1) is 10.6.